The van der Waals surface area contributed by atoms with E-state index in [1.165, 1.54) is 16.7 Å². The van der Waals surface area contributed by atoms with E-state index in [4.69, 9.17) is 0 Å². The number of aromatic amines is 1. The molecule has 0 bridgehead atoms. The minimum Gasteiger partial charge on any atom is -0.305 e. The average Bonchev–Trinajstić information content (AvgIpc) is 2.99. The zero-order valence-corrected chi connectivity index (χ0v) is 12.4. The van der Waals surface area contributed by atoms with Crippen molar-refractivity contribution in [3.8, 4) is 0 Å². The predicted octanol–water partition coefficient (Wildman–Crippen LogP) is 3.35. The van der Waals surface area contributed by atoms with Crippen LogP contribution < -0.4 is 5.69 Å². The third-order valence-electron chi connectivity index (χ3n) is 4.27. The van der Waals surface area contributed by atoms with Gasteiger partial charge in [-0.2, -0.15) is 13.2 Å². The van der Waals surface area contributed by atoms with Gasteiger partial charge in [0, 0.05) is 12.6 Å². The van der Waals surface area contributed by atoms with E-state index in [2.05, 4.69) is 9.88 Å². The van der Waals surface area contributed by atoms with E-state index in [0.717, 1.165) is 19.0 Å². The lowest BCUT2D eigenvalue weighted by Crippen LogP contribution is -2.37. The monoisotopic (exact) mass is 313 g/mol. The number of alkyl halides is 3. The Kier molecular flexibility index (Phi) is 3.55. The summed E-state index contributed by atoms with van der Waals surface area (Å²) in [5, 5.41) is 0. The number of nitrogens with zero attached hydrogens (tertiary/aromatic N) is 2. The number of hydrogen-bond acceptors (Lipinski definition) is 2. The smallest absolute Gasteiger partial charge is 0.305 e. The lowest BCUT2D eigenvalue weighted by Gasteiger charge is -2.29. The Morgan fingerprint density at radius 2 is 2.05 bits per heavy atom. The van der Waals surface area contributed by atoms with Crippen LogP contribution in [0.3, 0.4) is 0 Å². The zero-order chi connectivity index (χ0) is 16.1. The van der Waals surface area contributed by atoms with Gasteiger partial charge in [-0.1, -0.05) is 6.07 Å². The number of fused-ring (bicyclic) bond motifs is 1. The van der Waals surface area contributed by atoms with Crippen molar-refractivity contribution in [1.29, 1.82) is 0 Å². The summed E-state index contributed by atoms with van der Waals surface area (Å²) < 4.78 is 41.2. The number of nitrogens with one attached hydrogen (secondary N) is 1. The Bertz CT molecular complexity index is 745. The van der Waals surface area contributed by atoms with E-state index in [9.17, 15) is 18.0 Å². The number of halogens is 3. The normalized spacial score (nSPS) is 20.4. The maximum Gasteiger partial charge on any atom is 0.418 e. The van der Waals surface area contributed by atoms with Crippen molar-refractivity contribution >= 4 is 11.0 Å². The molecule has 1 atom stereocenters. The second-order valence-corrected chi connectivity index (χ2v) is 5.95. The minimum absolute atomic E-state index is 0.0439. The van der Waals surface area contributed by atoms with Gasteiger partial charge in [0.25, 0.3) is 0 Å². The van der Waals surface area contributed by atoms with E-state index in [1.54, 1.807) is 0 Å². The fourth-order valence-corrected chi connectivity index (χ4v) is 3.35. The quantitative estimate of drug-likeness (QED) is 0.924. The first-order chi connectivity index (χ1) is 10.3. The van der Waals surface area contributed by atoms with E-state index in [1.807, 2.05) is 13.8 Å². The first kappa shape index (κ1) is 15.1. The summed E-state index contributed by atoms with van der Waals surface area (Å²) >= 11 is 0. The van der Waals surface area contributed by atoms with Gasteiger partial charge < -0.3 is 4.98 Å². The number of H-pyrrole nitrogens is 1. The van der Waals surface area contributed by atoms with Crippen LogP contribution in [0, 0.1) is 0 Å². The SMILES string of the molecule is CC(C)N1CCCC1n1c(=O)[nH]c2cccc(C(F)(F)F)c21. The van der Waals surface area contributed by atoms with Crippen LogP contribution in [0.2, 0.25) is 0 Å². The predicted molar refractivity (Wildman–Crippen MR) is 77.7 cm³/mol. The molecule has 1 fully saturated rings. The van der Waals surface area contributed by atoms with Crippen molar-refractivity contribution in [1.82, 2.24) is 14.5 Å². The number of aromatic nitrogens is 2. The summed E-state index contributed by atoms with van der Waals surface area (Å²) in [4.78, 5) is 16.9. The number of para-hydroxylation sites is 1. The van der Waals surface area contributed by atoms with Crippen LogP contribution in [0.1, 0.15) is 38.4 Å². The maximum atomic E-state index is 13.3. The topological polar surface area (TPSA) is 41.0 Å². The van der Waals surface area contributed by atoms with Crippen LogP contribution in [-0.2, 0) is 6.18 Å². The van der Waals surface area contributed by atoms with Gasteiger partial charge in [0.1, 0.15) is 0 Å². The van der Waals surface area contributed by atoms with Gasteiger partial charge in [-0.3, -0.25) is 9.47 Å². The standard InChI is InChI=1S/C15H18F3N3O/c1-9(2)20-8-4-7-12(20)21-13-10(15(16,17)18)5-3-6-11(13)19-14(21)22/h3,5-6,9,12H,4,7-8H2,1-2H3,(H,19,22). The first-order valence-corrected chi connectivity index (χ1v) is 7.37. The molecule has 1 N–H and O–H groups in total. The number of likely N-dealkylation sites (tertiary alicyclic amines) is 1. The fourth-order valence-electron chi connectivity index (χ4n) is 3.35. The summed E-state index contributed by atoms with van der Waals surface area (Å²) in [6.45, 7) is 4.77. The van der Waals surface area contributed by atoms with Gasteiger partial charge in [0.2, 0.25) is 0 Å². The number of rotatable bonds is 2. The Hall–Kier alpha value is -1.76. The molecule has 0 radical (unpaired) electrons. The van der Waals surface area contributed by atoms with Crippen molar-refractivity contribution in [2.45, 2.75) is 45.1 Å². The highest BCUT2D eigenvalue weighted by molar-refractivity contribution is 5.79. The molecule has 1 aliphatic heterocycles. The van der Waals surface area contributed by atoms with Crippen LogP contribution >= 0.6 is 0 Å². The molecule has 22 heavy (non-hydrogen) atoms. The van der Waals surface area contributed by atoms with Crippen LogP contribution in [0.25, 0.3) is 11.0 Å². The zero-order valence-electron chi connectivity index (χ0n) is 12.4. The van der Waals surface area contributed by atoms with Crippen LogP contribution in [0.5, 0.6) is 0 Å². The third-order valence-corrected chi connectivity index (χ3v) is 4.27. The third kappa shape index (κ3) is 2.33. The van der Waals surface area contributed by atoms with Gasteiger partial charge in [0.05, 0.1) is 22.8 Å². The fraction of sp³-hybridized carbons (Fsp3) is 0.533. The lowest BCUT2D eigenvalue weighted by atomic mass is 10.1. The average molecular weight is 313 g/mol. The number of imidazole rings is 1. The molecule has 3 rings (SSSR count). The van der Waals surface area contributed by atoms with E-state index < -0.39 is 17.4 Å². The van der Waals surface area contributed by atoms with Gasteiger partial charge >= 0.3 is 11.9 Å². The maximum absolute atomic E-state index is 13.3. The van der Waals surface area contributed by atoms with Crippen LogP contribution in [-0.4, -0.2) is 27.0 Å². The molecular weight excluding hydrogens is 295 g/mol. The highest BCUT2D eigenvalue weighted by Crippen LogP contribution is 2.37. The second-order valence-electron chi connectivity index (χ2n) is 5.95. The molecule has 0 saturated carbocycles. The molecule has 1 saturated heterocycles. The molecule has 0 aliphatic carbocycles. The molecule has 2 aromatic rings. The molecule has 1 aliphatic rings. The molecule has 120 valence electrons. The van der Waals surface area contributed by atoms with E-state index >= 15 is 0 Å². The largest absolute Gasteiger partial charge is 0.418 e. The van der Waals surface area contributed by atoms with Gasteiger partial charge in [-0.15, -0.1) is 0 Å². The van der Waals surface area contributed by atoms with Crippen molar-refractivity contribution < 1.29 is 13.2 Å². The first-order valence-electron chi connectivity index (χ1n) is 7.37. The molecule has 0 amide bonds. The molecule has 7 heteroatoms. The summed E-state index contributed by atoms with van der Waals surface area (Å²) in [6.07, 6.45) is -3.27. The highest BCUT2D eigenvalue weighted by Gasteiger charge is 2.37. The van der Waals surface area contributed by atoms with E-state index in [0.29, 0.717) is 6.42 Å². The van der Waals surface area contributed by atoms with E-state index in [-0.39, 0.29) is 23.2 Å². The summed E-state index contributed by atoms with van der Waals surface area (Å²) in [5.74, 6) is 0. The number of hydrogen-bond donors (Lipinski definition) is 1. The van der Waals surface area contributed by atoms with Gasteiger partial charge in [-0.25, -0.2) is 4.79 Å². The summed E-state index contributed by atoms with van der Waals surface area (Å²) in [5.41, 5.74) is -1.06. The molecule has 2 heterocycles. The Labute approximate surface area is 125 Å². The molecule has 1 aromatic heterocycles. The molecular formula is C15H18F3N3O. The van der Waals surface area contributed by atoms with Gasteiger partial charge in [0.15, 0.2) is 0 Å². The Balaban J connectivity index is 2.26. The van der Waals surface area contributed by atoms with Crippen molar-refractivity contribution in [3.05, 3.63) is 34.2 Å². The minimum atomic E-state index is -4.49. The molecule has 1 unspecified atom stereocenters. The van der Waals surface area contributed by atoms with Crippen LogP contribution in [0.15, 0.2) is 23.0 Å². The summed E-state index contributed by atoms with van der Waals surface area (Å²) in [6, 6.07) is 4.03. The van der Waals surface area contributed by atoms with Crippen LogP contribution in [0.4, 0.5) is 13.2 Å². The number of benzene rings is 1. The summed E-state index contributed by atoms with van der Waals surface area (Å²) in [7, 11) is 0. The molecule has 4 nitrogen and oxygen atoms in total. The Morgan fingerprint density at radius 3 is 2.68 bits per heavy atom. The van der Waals surface area contributed by atoms with Crippen molar-refractivity contribution in [2.24, 2.45) is 0 Å². The highest BCUT2D eigenvalue weighted by atomic mass is 19.4. The van der Waals surface area contributed by atoms with Crippen molar-refractivity contribution in [2.75, 3.05) is 6.54 Å². The second kappa shape index (κ2) is 5.15. The Morgan fingerprint density at radius 1 is 1.32 bits per heavy atom. The molecule has 1 aromatic carbocycles. The van der Waals surface area contributed by atoms with Gasteiger partial charge in [-0.05, 0) is 38.8 Å². The lowest BCUT2D eigenvalue weighted by molar-refractivity contribution is -0.136. The van der Waals surface area contributed by atoms with Crippen molar-refractivity contribution in [3.63, 3.8) is 0 Å². The molecule has 0 spiro atoms.